The highest BCUT2D eigenvalue weighted by molar-refractivity contribution is 5.87. The van der Waals surface area contributed by atoms with Crippen LogP contribution in [0, 0.1) is 29.1 Å². The van der Waals surface area contributed by atoms with Crippen molar-refractivity contribution in [2.45, 2.75) is 38.1 Å². The maximum Gasteiger partial charge on any atom is 0.313 e. The van der Waals surface area contributed by atoms with Gasteiger partial charge in [0.1, 0.15) is 12.6 Å². The quantitative estimate of drug-likeness (QED) is 0.00977. The van der Waals surface area contributed by atoms with Gasteiger partial charge in [0, 0.05) is 42.4 Å². The summed E-state index contributed by atoms with van der Waals surface area (Å²) in [6, 6.07) is -0.892. The van der Waals surface area contributed by atoms with Crippen molar-refractivity contribution in [3.63, 3.8) is 0 Å². The predicted molar refractivity (Wildman–Crippen MR) is 218 cm³/mol. The summed E-state index contributed by atoms with van der Waals surface area (Å²) in [4.78, 5) is 54.9. The fourth-order valence-electron chi connectivity index (χ4n) is 4.81. The Kier molecular flexibility index (Phi) is 36.0. The van der Waals surface area contributed by atoms with E-state index in [-0.39, 0.29) is 124 Å². The van der Waals surface area contributed by atoms with Gasteiger partial charge in [-0.1, -0.05) is 10.2 Å². The van der Waals surface area contributed by atoms with Gasteiger partial charge in [0.25, 0.3) is 0 Å². The lowest BCUT2D eigenvalue weighted by molar-refractivity contribution is -0.136. The number of unbranched alkanes of at least 4 members (excludes halogenated alkanes) is 1. The summed E-state index contributed by atoms with van der Waals surface area (Å²) in [6.45, 7) is 3.67. The fraction of sp³-hybridized carbons (Fsp3) is 0.737. The van der Waals surface area contributed by atoms with Gasteiger partial charge >= 0.3 is 5.97 Å². The molecule has 0 heterocycles. The van der Waals surface area contributed by atoms with E-state index >= 15 is 0 Å². The molecule has 0 aliphatic rings. The lowest BCUT2D eigenvalue weighted by Gasteiger charge is -2.19. The molecule has 66 heavy (non-hydrogen) atoms. The van der Waals surface area contributed by atoms with Gasteiger partial charge in [-0.25, -0.2) is 13.2 Å². The average Bonchev–Trinajstić information content (AvgIpc) is 3.30. The van der Waals surface area contributed by atoms with E-state index in [4.69, 9.17) is 53.7 Å². The minimum Gasteiger partial charge on any atom is -0.420 e. The van der Waals surface area contributed by atoms with Gasteiger partial charge < -0.3 is 63.3 Å². The van der Waals surface area contributed by atoms with Crippen LogP contribution in [-0.4, -0.2) is 175 Å². The first-order valence-corrected chi connectivity index (χ1v) is 20.8. The molecule has 3 amide bonds. The standard InChI is InChI=1S/C38H58F5N9O14/c39-32-33(40)35(42)37(36(43)34(32)41)66-31(55)5-11-58-16-21-62-20-15-57-10-4-29(53)50-28(38(56)47-7-12-59-17-22-63-23-18-60-13-8-48-51-44)3-1-2-6-46-30(54)27-65-26-25-64-24-19-61-14-9-49-52-45/h28H,1-27H2,(H,46,54)(H,47,56)(H,50,53). The molecular weight excluding hydrogens is 901 g/mol. The van der Waals surface area contributed by atoms with Crippen molar-refractivity contribution in [2.24, 2.45) is 10.2 Å². The SMILES string of the molecule is [N-]=[N+]=NCCOCCOCCOCCNC(=O)C(CCCCNC(=O)COCCOCCOCCN=[N+]=[N-])NC(=O)CCOCCOCCOCCC(=O)Oc1c(F)c(F)c(F)c(F)c1F. The van der Waals surface area contributed by atoms with Crippen LogP contribution in [0.15, 0.2) is 10.2 Å². The van der Waals surface area contributed by atoms with Gasteiger partial charge in [-0.3, -0.25) is 19.2 Å². The Morgan fingerprint density at radius 3 is 1.45 bits per heavy atom. The summed E-state index contributed by atoms with van der Waals surface area (Å²) in [5.41, 5.74) is 16.4. The van der Waals surface area contributed by atoms with Crippen LogP contribution in [0.2, 0.25) is 0 Å². The van der Waals surface area contributed by atoms with E-state index in [0.29, 0.717) is 52.4 Å². The van der Waals surface area contributed by atoms with E-state index in [9.17, 15) is 41.1 Å². The smallest absolute Gasteiger partial charge is 0.313 e. The number of rotatable bonds is 43. The summed E-state index contributed by atoms with van der Waals surface area (Å²) in [6.07, 6.45) is 0.598. The second-order valence-corrected chi connectivity index (χ2v) is 13.0. The van der Waals surface area contributed by atoms with E-state index in [1.165, 1.54) is 0 Å². The number of hydrogen-bond donors (Lipinski definition) is 3. The highest BCUT2D eigenvalue weighted by Gasteiger charge is 2.28. The fourth-order valence-corrected chi connectivity index (χ4v) is 4.81. The molecule has 0 radical (unpaired) electrons. The summed E-state index contributed by atoms with van der Waals surface area (Å²) >= 11 is 0. The Labute approximate surface area is 377 Å². The molecule has 1 rings (SSSR count). The number of carbonyl (C=O) groups is 4. The number of nitrogens with zero attached hydrogens (tertiary/aromatic N) is 6. The van der Waals surface area contributed by atoms with E-state index in [0.717, 1.165) is 0 Å². The van der Waals surface area contributed by atoms with Gasteiger partial charge in [-0.2, -0.15) is 8.78 Å². The molecule has 1 aromatic rings. The molecule has 23 nitrogen and oxygen atoms in total. The van der Waals surface area contributed by atoms with Crippen molar-refractivity contribution in [2.75, 3.05) is 145 Å². The normalized spacial score (nSPS) is 11.3. The molecule has 0 fully saturated rings. The summed E-state index contributed by atoms with van der Waals surface area (Å²) < 4.78 is 119. The topological polar surface area (TPSA) is 294 Å². The number of carbonyl (C=O) groups excluding carboxylic acids is 4. The van der Waals surface area contributed by atoms with Gasteiger partial charge in [-0.05, 0) is 30.3 Å². The minimum atomic E-state index is -2.39. The molecule has 374 valence electrons. The Bertz CT molecular complexity index is 1620. The van der Waals surface area contributed by atoms with Gasteiger partial charge in [-0.15, -0.1) is 0 Å². The Morgan fingerprint density at radius 2 is 0.939 bits per heavy atom. The Balaban J connectivity index is 2.33. The third-order valence-electron chi connectivity index (χ3n) is 8.01. The Morgan fingerprint density at radius 1 is 0.500 bits per heavy atom. The van der Waals surface area contributed by atoms with Crippen molar-refractivity contribution in [3.05, 3.63) is 50.0 Å². The van der Waals surface area contributed by atoms with Crippen LogP contribution in [0.25, 0.3) is 20.9 Å². The minimum absolute atomic E-state index is 0.00223. The van der Waals surface area contributed by atoms with Crippen LogP contribution < -0.4 is 20.7 Å². The summed E-state index contributed by atoms with van der Waals surface area (Å²) in [5.74, 6) is -15.7. The molecule has 0 spiro atoms. The van der Waals surface area contributed by atoms with Crippen LogP contribution in [0.5, 0.6) is 5.75 Å². The number of halogens is 5. The molecule has 1 atom stereocenters. The third kappa shape index (κ3) is 30.3. The number of esters is 1. The number of amides is 3. The third-order valence-corrected chi connectivity index (χ3v) is 8.01. The summed E-state index contributed by atoms with van der Waals surface area (Å²) in [7, 11) is 0. The maximum atomic E-state index is 13.7. The molecule has 28 heteroatoms. The van der Waals surface area contributed by atoms with E-state index in [1.807, 2.05) is 0 Å². The van der Waals surface area contributed by atoms with Crippen LogP contribution in [0.4, 0.5) is 22.0 Å². The number of nitrogens with one attached hydrogen (secondary N) is 3. The van der Waals surface area contributed by atoms with Crippen molar-refractivity contribution in [1.29, 1.82) is 0 Å². The molecule has 0 saturated carbocycles. The van der Waals surface area contributed by atoms with Crippen LogP contribution in [0.3, 0.4) is 0 Å². The number of hydrogen-bond acceptors (Lipinski definition) is 16. The van der Waals surface area contributed by atoms with Crippen LogP contribution >= 0.6 is 0 Å². The lowest BCUT2D eigenvalue weighted by Crippen LogP contribution is -2.47. The highest BCUT2D eigenvalue weighted by atomic mass is 19.2. The zero-order valence-corrected chi connectivity index (χ0v) is 36.5. The molecule has 0 saturated heterocycles. The number of azide groups is 2. The van der Waals surface area contributed by atoms with Crippen LogP contribution in [-0.2, 0) is 61.8 Å². The molecule has 3 N–H and O–H groups in total. The summed E-state index contributed by atoms with van der Waals surface area (Å²) in [5, 5.41) is 14.9. The van der Waals surface area contributed by atoms with E-state index < -0.39 is 65.1 Å². The zero-order chi connectivity index (χ0) is 48.5. The zero-order valence-electron chi connectivity index (χ0n) is 36.5. The van der Waals surface area contributed by atoms with Crippen LogP contribution in [0.1, 0.15) is 32.1 Å². The van der Waals surface area contributed by atoms with E-state index in [1.54, 1.807) is 0 Å². The first-order valence-electron chi connectivity index (χ1n) is 20.8. The second kappa shape index (κ2) is 40.3. The Hall–Kier alpha value is -4.99. The molecule has 1 unspecified atom stereocenters. The first-order chi connectivity index (χ1) is 32.0. The van der Waals surface area contributed by atoms with Crippen molar-refractivity contribution >= 4 is 23.7 Å². The van der Waals surface area contributed by atoms with E-state index in [2.05, 4.69) is 40.7 Å². The number of benzene rings is 1. The molecular formula is C38H58F5N9O14. The largest absolute Gasteiger partial charge is 0.420 e. The lowest BCUT2D eigenvalue weighted by atomic mass is 10.1. The molecule has 0 bridgehead atoms. The first kappa shape index (κ1) is 59.0. The monoisotopic (exact) mass is 959 g/mol. The van der Waals surface area contributed by atoms with Crippen molar-refractivity contribution < 1.29 is 88.5 Å². The van der Waals surface area contributed by atoms with Gasteiger partial charge in [0.15, 0.2) is 0 Å². The molecule has 1 aromatic carbocycles. The maximum absolute atomic E-state index is 13.7. The molecule has 0 aliphatic heterocycles. The predicted octanol–water partition coefficient (Wildman–Crippen LogP) is 2.73. The van der Waals surface area contributed by atoms with Gasteiger partial charge in [0.2, 0.25) is 52.6 Å². The average molecular weight is 960 g/mol. The molecule has 0 aromatic heterocycles. The highest BCUT2D eigenvalue weighted by Crippen LogP contribution is 2.29. The van der Waals surface area contributed by atoms with Crippen molar-refractivity contribution in [3.8, 4) is 5.75 Å². The molecule has 0 aliphatic carbocycles. The number of ether oxygens (including phenoxy) is 10. The second-order valence-electron chi connectivity index (χ2n) is 13.0. The van der Waals surface area contributed by atoms with Crippen molar-refractivity contribution in [1.82, 2.24) is 16.0 Å². The van der Waals surface area contributed by atoms with Gasteiger partial charge in [0.05, 0.1) is 119 Å².